The highest BCUT2D eigenvalue weighted by Gasteiger charge is 2.28. The molecule has 0 unspecified atom stereocenters. The zero-order chi connectivity index (χ0) is 20.7. The van der Waals surface area contributed by atoms with Crippen LogP contribution in [0.3, 0.4) is 0 Å². The number of anilines is 1. The second-order valence-corrected chi connectivity index (χ2v) is 8.40. The van der Waals surface area contributed by atoms with Crippen LogP contribution in [0.25, 0.3) is 33.2 Å². The Hall–Kier alpha value is -3.02. The SMILES string of the molecule is Cn1cc(-c2c[nH]cc2-c2cccc(NC3COC(C)(C)OC3)c2)c2ccccc21. The fraction of sp³-hybridized carbons (Fsp3) is 0.280. The van der Waals surface area contributed by atoms with Crippen molar-refractivity contribution < 1.29 is 9.47 Å². The van der Waals surface area contributed by atoms with Crippen molar-refractivity contribution in [2.75, 3.05) is 18.5 Å². The summed E-state index contributed by atoms with van der Waals surface area (Å²) in [5.74, 6) is -0.501. The Morgan fingerprint density at radius 1 is 0.967 bits per heavy atom. The first-order valence-electron chi connectivity index (χ1n) is 10.4. The Bertz CT molecular complexity index is 1180. The highest BCUT2D eigenvalue weighted by molar-refractivity contribution is 6.00. The molecule has 0 radical (unpaired) electrons. The third kappa shape index (κ3) is 3.51. The molecule has 30 heavy (non-hydrogen) atoms. The van der Waals surface area contributed by atoms with Crippen LogP contribution in [0.2, 0.25) is 0 Å². The number of aryl methyl sites for hydroxylation is 1. The zero-order valence-corrected chi connectivity index (χ0v) is 17.6. The topological polar surface area (TPSA) is 51.2 Å². The van der Waals surface area contributed by atoms with E-state index in [0.29, 0.717) is 13.2 Å². The number of rotatable bonds is 4. The minimum absolute atomic E-state index is 0.136. The van der Waals surface area contributed by atoms with Gasteiger partial charge in [-0.2, -0.15) is 0 Å². The summed E-state index contributed by atoms with van der Waals surface area (Å²) in [6.45, 7) is 5.15. The highest BCUT2D eigenvalue weighted by Crippen LogP contribution is 2.37. The molecule has 1 aliphatic heterocycles. The third-order valence-electron chi connectivity index (χ3n) is 5.74. The van der Waals surface area contributed by atoms with Crippen LogP contribution in [-0.2, 0) is 16.5 Å². The number of para-hydroxylation sites is 1. The van der Waals surface area contributed by atoms with E-state index in [1.807, 2.05) is 13.8 Å². The Balaban J connectivity index is 1.45. The van der Waals surface area contributed by atoms with Crippen molar-refractivity contribution in [1.82, 2.24) is 9.55 Å². The second kappa shape index (κ2) is 7.35. The van der Waals surface area contributed by atoms with Crippen molar-refractivity contribution in [3.05, 3.63) is 67.1 Å². The molecule has 0 atom stereocenters. The van der Waals surface area contributed by atoms with E-state index in [0.717, 1.165) is 5.69 Å². The lowest BCUT2D eigenvalue weighted by molar-refractivity contribution is -0.247. The summed E-state index contributed by atoms with van der Waals surface area (Å²) in [5.41, 5.74) is 7.09. The maximum Gasteiger partial charge on any atom is 0.162 e. The molecule has 1 fully saturated rings. The lowest BCUT2D eigenvalue weighted by Crippen LogP contribution is -2.45. The van der Waals surface area contributed by atoms with Gasteiger partial charge < -0.3 is 24.3 Å². The molecule has 1 saturated heterocycles. The average molecular weight is 402 g/mol. The smallest absolute Gasteiger partial charge is 0.162 e. The van der Waals surface area contributed by atoms with E-state index in [-0.39, 0.29) is 6.04 Å². The molecule has 4 aromatic rings. The van der Waals surface area contributed by atoms with Gasteiger partial charge in [0.25, 0.3) is 0 Å². The van der Waals surface area contributed by atoms with Crippen LogP contribution in [0.1, 0.15) is 13.8 Å². The minimum Gasteiger partial charge on any atom is -0.378 e. The van der Waals surface area contributed by atoms with Crippen molar-refractivity contribution in [2.24, 2.45) is 7.05 Å². The molecule has 2 aromatic heterocycles. The van der Waals surface area contributed by atoms with Crippen molar-refractivity contribution in [3.8, 4) is 22.3 Å². The van der Waals surface area contributed by atoms with Gasteiger partial charge in [-0.3, -0.25) is 0 Å². The minimum atomic E-state index is -0.501. The van der Waals surface area contributed by atoms with Crippen LogP contribution in [0, 0.1) is 0 Å². The Morgan fingerprint density at radius 3 is 2.57 bits per heavy atom. The summed E-state index contributed by atoms with van der Waals surface area (Å²) in [5, 5.41) is 4.81. The fourth-order valence-corrected chi connectivity index (χ4v) is 4.17. The van der Waals surface area contributed by atoms with Crippen molar-refractivity contribution >= 4 is 16.6 Å². The van der Waals surface area contributed by atoms with Crippen LogP contribution in [0.4, 0.5) is 5.69 Å². The van der Waals surface area contributed by atoms with E-state index in [1.54, 1.807) is 0 Å². The molecular formula is C25H27N3O2. The highest BCUT2D eigenvalue weighted by atomic mass is 16.7. The lowest BCUT2D eigenvalue weighted by atomic mass is 9.98. The van der Waals surface area contributed by atoms with Gasteiger partial charge in [-0.25, -0.2) is 0 Å². The number of hydrogen-bond donors (Lipinski definition) is 2. The van der Waals surface area contributed by atoms with E-state index in [1.165, 1.54) is 33.2 Å². The van der Waals surface area contributed by atoms with Gasteiger partial charge in [-0.1, -0.05) is 30.3 Å². The summed E-state index contributed by atoms with van der Waals surface area (Å²) in [4.78, 5) is 3.31. The molecule has 154 valence electrons. The van der Waals surface area contributed by atoms with E-state index in [9.17, 15) is 0 Å². The molecule has 0 aliphatic carbocycles. The quantitative estimate of drug-likeness (QED) is 0.481. The van der Waals surface area contributed by atoms with E-state index >= 15 is 0 Å². The molecule has 5 rings (SSSR count). The number of benzene rings is 2. The normalized spacial score (nSPS) is 16.8. The van der Waals surface area contributed by atoms with Crippen molar-refractivity contribution in [3.63, 3.8) is 0 Å². The summed E-state index contributed by atoms with van der Waals surface area (Å²) in [6.07, 6.45) is 6.37. The summed E-state index contributed by atoms with van der Waals surface area (Å²) < 4.78 is 13.7. The molecule has 0 saturated carbocycles. The van der Waals surface area contributed by atoms with Gasteiger partial charge in [-0.05, 0) is 37.6 Å². The number of H-pyrrole nitrogens is 1. The fourth-order valence-electron chi connectivity index (χ4n) is 4.17. The van der Waals surface area contributed by atoms with Crippen LogP contribution >= 0.6 is 0 Å². The zero-order valence-electron chi connectivity index (χ0n) is 17.6. The maximum absolute atomic E-state index is 5.78. The second-order valence-electron chi connectivity index (χ2n) is 8.40. The first-order valence-corrected chi connectivity index (χ1v) is 10.4. The van der Waals surface area contributed by atoms with E-state index in [4.69, 9.17) is 9.47 Å². The average Bonchev–Trinajstić information content (AvgIpc) is 3.35. The Morgan fingerprint density at radius 2 is 1.73 bits per heavy atom. The Labute approximate surface area is 176 Å². The molecule has 5 heteroatoms. The first-order chi connectivity index (χ1) is 14.5. The van der Waals surface area contributed by atoms with Gasteiger partial charge in [0.05, 0.1) is 19.3 Å². The Kier molecular flexibility index (Phi) is 4.65. The summed E-state index contributed by atoms with van der Waals surface area (Å²) in [6, 6.07) is 17.2. The number of aromatic nitrogens is 2. The molecule has 2 aromatic carbocycles. The van der Waals surface area contributed by atoms with E-state index < -0.39 is 5.79 Å². The predicted molar refractivity (Wildman–Crippen MR) is 122 cm³/mol. The van der Waals surface area contributed by atoms with Crippen LogP contribution in [0.5, 0.6) is 0 Å². The molecule has 5 nitrogen and oxygen atoms in total. The maximum atomic E-state index is 5.78. The van der Waals surface area contributed by atoms with E-state index in [2.05, 4.69) is 89.0 Å². The number of fused-ring (bicyclic) bond motifs is 1. The van der Waals surface area contributed by atoms with Crippen LogP contribution < -0.4 is 5.32 Å². The van der Waals surface area contributed by atoms with Gasteiger partial charge in [-0.15, -0.1) is 0 Å². The molecule has 1 aliphatic rings. The first kappa shape index (κ1) is 19.0. The standard InChI is InChI=1S/C25H27N3O2/c1-25(2)29-15-19(16-30-25)27-18-8-6-7-17(11-18)21-12-26-13-22(21)23-14-28(3)24-10-5-4-9-20(23)24/h4-14,19,26-27H,15-16H2,1-3H3. The number of aromatic amines is 1. The predicted octanol–water partition coefficient (Wildman–Crippen LogP) is 5.40. The van der Waals surface area contributed by atoms with Gasteiger partial charge in [0.1, 0.15) is 0 Å². The van der Waals surface area contributed by atoms with Gasteiger partial charge in [0, 0.05) is 58.9 Å². The van der Waals surface area contributed by atoms with Crippen LogP contribution in [0.15, 0.2) is 67.1 Å². The van der Waals surface area contributed by atoms with Gasteiger partial charge in [0.15, 0.2) is 5.79 Å². The molecule has 0 bridgehead atoms. The number of nitrogens with zero attached hydrogens (tertiary/aromatic N) is 1. The van der Waals surface area contributed by atoms with Crippen molar-refractivity contribution in [2.45, 2.75) is 25.7 Å². The summed E-state index contributed by atoms with van der Waals surface area (Å²) >= 11 is 0. The van der Waals surface area contributed by atoms with Gasteiger partial charge in [0.2, 0.25) is 0 Å². The number of ether oxygens (including phenoxy) is 2. The monoisotopic (exact) mass is 401 g/mol. The third-order valence-corrected chi connectivity index (χ3v) is 5.74. The number of nitrogens with one attached hydrogen (secondary N) is 2. The van der Waals surface area contributed by atoms with Crippen molar-refractivity contribution in [1.29, 1.82) is 0 Å². The molecular weight excluding hydrogens is 374 g/mol. The largest absolute Gasteiger partial charge is 0.378 e. The molecule has 2 N–H and O–H groups in total. The summed E-state index contributed by atoms with van der Waals surface area (Å²) in [7, 11) is 2.10. The molecule has 3 heterocycles. The number of hydrogen-bond acceptors (Lipinski definition) is 3. The van der Waals surface area contributed by atoms with Crippen LogP contribution in [-0.4, -0.2) is 34.6 Å². The lowest BCUT2D eigenvalue weighted by Gasteiger charge is -2.35. The molecule has 0 spiro atoms. The van der Waals surface area contributed by atoms with Gasteiger partial charge >= 0.3 is 0 Å². The molecule has 0 amide bonds.